The molecule has 2 bridgehead atoms. The van der Waals surface area contributed by atoms with Crippen LogP contribution in [0.1, 0.15) is 6.42 Å². The monoisotopic (exact) mass is 325 g/mol. The normalized spacial score (nSPS) is 38.2. The Morgan fingerprint density at radius 1 is 0.958 bits per heavy atom. The van der Waals surface area contributed by atoms with Crippen molar-refractivity contribution in [3.63, 3.8) is 0 Å². The molecule has 24 heavy (non-hydrogen) atoms. The summed E-state index contributed by atoms with van der Waals surface area (Å²) in [5, 5.41) is 0. The van der Waals surface area contributed by atoms with Crippen LogP contribution in [0.25, 0.3) is 0 Å². The van der Waals surface area contributed by atoms with E-state index in [2.05, 4.69) is 12.2 Å². The van der Waals surface area contributed by atoms with E-state index in [0.29, 0.717) is 29.0 Å². The van der Waals surface area contributed by atoms with Crippen LogP contribution in [-0.2, 0) is 9.59 Å². The third kappa shape index (κ3) is 1.60. The number of hydrogen-bond acceptors (Lipinski definition) is 4. The van der Waals surface area contributed by atoms with Crippen LogP contribution in [0.5, 0.6) is 11.5 Å². The van der Waals surface area contributed by atoms with E-state index in [9.17, 15) is 9.59 Å². The highest BCUT2D eigenvalue weighted by Gasteiger charge is 2.67. The van der Waals surface area contributed by atoms with Crippen molar-refractivity contribution in [1.29, 1.82) is 0 Å². The number of carbonyl (C=O) groups excluding carboxylic acids is 2. The summed E-state index contributed by atoms with van der Waals surface area (Å²) in [6.45, 7) is 0. The summed E-state index contributed by atoms with van der Waals surface area (Å²) in [4.78, 5) is 27.6. The molecular formula is C19H19NO4. The number of methoxy groups -OCH3 is 2. The first kappa shape index (κ1) is 14.1. The van der Waals surface area contributed by atoms with Crippen LogP contribution in [0.4, 0.5) is 5.69 Å². The summed E-state index contributed by atoms with van der Waals surface area (Å²) < 4.78 is 10.7. The molecule has 1 aromatic carbocycles. The lowest BCUT2D eigenvalue weighted by atomic mass is 9.63. The third-order valence-corrected chi connectivity index (χ3v) is 6.29. The zero-order valence-corrected chi connectivity index (χ0v) is 13.6. The minimum atomic E-state index is -0.202. The van der Waals surface area contributed by atoms with Gasteiger partial charge in [-0.25, -0.2) is 4.90 Å². The summed E-state index contributed by atoms with van der Waals surface area (Å²) in [5.41, 5.74) is 0.495. The Labute approximate surface area is 140 Å². The Hall–Kier alpha value is -2.30. The molecule has 0 radical (unpaired) electrons. The molecule has 6 rings (SSSR count). The van der Waals surface area contributed by atoms with Crippen molar-refractivity contribution < 1.29 is 19.1 Å². The van der Waals surface area contributed by atoms with Crippen molar-refractivity contribution >= 4 is 17.5 Å². The number of allylic oxidation sites excluding steroid dienone is 2. The van der Waals surface area contributed by atoms with Gasteiger partial charge >= 0.3 is 0 Å². The molecule has 0 unspecified atom stereocenters. The average Bonchev–Trinajstić information content (AvgIpc) is 3.39. The maximum atomic E-state index is 13.1. The number of ether oxygens (including phenoxy) is 2. The van der Waals surface area contributed by atoms with Crippen molar-refractivity contribution in [1.82, 2.24) is 0 Å². The van der Waals surface area contributed by atoms with Crippen LogP contribution in [0.15, 0.2) is 30.4 Å². The van der Waals surface area contributed by atoms with Gasteiger partial charge < -0.3 is 9.47 Å². The minimum absolute atomic E-state index is 0.0822. The van der Waals surface area contributed by atoms with Crippen LogP contribution in [-0.4, -0.2) is 26.0 Å². The first-order chi connectivity index (χ1) is 11.7. The van der Waals surface area contributed by atoms with E-state index in [1.165, 1.54) is 11.3 Å². The molecule has 5 nitrogen and oxygen atoms in total. The van der Waals surface area contributed by atoms with Crippen LogP contribution >= 0.6 is 0 Å². The topological polar surface area (TPSA) is 55.8 Å². The van der Waals surface area contributed by atoms with E-state index in [1.54, 1.807) is 32.4 Å². The summed E-state index contributed by atoms with van der Waals surface area (Å²) in [6.07, 6.45) is 5.52. The van der Waals surface area contributed by atoms with Gasteiger partial charge in [0.25, 0.3) is 0 Å². The molecule has 0 aromatic heterocycles. The number of rotatable bonds is 3. The van der Waals surface area contributed by atoms with Crippen molar-refractivity contribution in [2.75, 3.05) is 19.1 Å². The number of anilines is 1. The van der Waals surface area contributed by atoms with Crippen LogP contribution < -0.4 is 14.4 Å². The summed E-state index contributed by atoms with van der Waals surface area (Å²) >= 11 is 0. The molecule has 2 amide bonds. The van der Waals surface area contributed by atoms with Gasteiger partial charge in [0.1, 0.15) is 11.5 Å². The molecule has 0 spiro atoms. The predicted octanol–water partition coefficient (Wildman–Crippen LogP) is 2.26. The van der Waals surface area contributed by atoms with Crippen molar-refractivity contribution in [3.8, 4) is 11.5 Å². The van der Waals surface area contributed by atoms with E-state index in [0.717, 1.165) is 0 Å². The van der Waals surface area contributed by atoms with Gasteiger partial charge in [-0.15, -0.1) is 0 Å². The van der Waals surface area contributed by atoms with Gasteiger partial charge in [-0.05, 0) is 42.2 Å². The molecule has 1 aromatic rings. The molecule has 1 saturated heterocycles. The van der Waals surface area contributed by atoms with E-state index >= 15 is 0 Å². The van der Waals surface area contributed by atoms with Crippen LogP contribution in [0, 0.1) is 35.5 Å². The minimum Gasteiger partial charge on any atom is -0.497 e. The van der Waals surface area contributed by atoms with Gasteiger partial charge in [-0.1, -0.05) is 12.2 Å². The van der Waals surface area contributed by atoms with Crippen LogP contribution in [0.3, 0.4) is 0 Å². The van der Waals surface area contributed by atoms with E-state index in [4.69, 9.17) is 9.47 Å². The molecule has 5 aliphatic rings. The highest BCUT2D eigenvalue weighted by molar-refractivity contribution is 6.23. The molecule has 5 heteroatoms. The molecule has 124 valence electrons. The zero-order chi connectivity index (χ0) is 16.6. The van der Waals surface area contributed by atoms with Crippen LogP contribution in [0.2, 0.25) is 0 Å². The quantitative estimate of drug-likeness (QED) is 0.632. The molecule has 1 aliphatic heterocycles. The van der Waals surface area contributed by atoms with Gasteiger partial charge in [0.05, 0.1) is 31.7 Å². The lowest BCUT2D eigenvalue weighted by molar-refractivity contribution is -0.124. The SMILES string of the molecule is COc1ccc(OC)c(N2C(=O)[C@@H]3[C@H]4C=C[C@H]([C@H]5C[C@@H]45)[C@@H]3C2=O)c1. The lowest BCUT2D eigenvalue weighted by Gasteiger charge is -2.37. The first-order valence-electron chi connectivity index (χ1n) is 8.44. The number of carbonyl (C=O) groups is 2. The number of hydrogen-bond donors (Lipinski definition) is 0. The highest BCUT2D eigenvalue weighted by atomic mass is 16.5. The summed E-state index contributed by atoms with van der Waals surface area (Å²) in [5.74, 6) is 2.20. The molecule has 6 atom stereocenters. The Kier molecular flexibility index (Phi) is 2.71. The number of benzene rings is 1. The fourth-order valence-corrected chi connectivity index (χ4v) is 5.17. The Balaban J connectivity index is 1.60. The number of nitrogens with zero attached hydrogens (tertiary/aromatic N) is 1. The Morgan fingerprint density at radius 3 is 2.12 bits per heavy atom. The fraction of sp³-hybridized carbons (Fsp3) is 0.474. The molecule has 1 heterocycles. The van der Waals surface area contributed by atoms with Gasteiger partial charge in [0.2, 0.25) is 11.8 Å². The van der Waals surface area contributed by atoms with Gasteiger partial charge in [0.15, 0.2) is 0 Å². The maximum absolute atomic E-state index is 13.1. The summed E-state index contributed by atoms with van der Waals surface area (Å²) in [6, 6.07) is 5.21. The standard InChI is InChI=1S/C19H19NO4/c1-23-9-3-6-15(24-2)14(7-9)20-18(21)16-10-4-5-11(13-8-12(10)13)17(16)19(20)22/h3-7,10-13,16-17H,8H2,1-2H3/t10-,11+,12-,13+,16+,17-. The van der Waals surface area contributed by atoms with E-state index in [-0.39, 0.29) is 35.5 Å². The van der Waals surface area contributed by atoms with E-state index < -0.39 is 0 Å². The Morgan fingerprint density at radius 2 is 1.58 bits per heavy atom. The zero-order valence-electron chi connectivity index (χ0n) is 13.6. The lowest BCUT2D eigenvalue weighted by Crippen LogP contribution is -2.40. The molecule has 0 N–H and O–H groups in total. The maximum Gasteiger partial charge on any atom is 0.238 e. The Bertz CT molecular complexity index is 750. The number of imide groups is 1. The van der Waals surface area contributed by atoms with Crippen molar-refractivity contribution in [2.45, 2.75) is 6.42 Å². The average molecular weight is 325 g/mol. The molecule has 2 saturated carbocycles. The second kappa shape index (κ2) is 4.62. The molecule has 4 aliphatic carbocycles. The van der Waals surface area contributed by atoms with Crippen molar-refractivity contribution in [2.24, 2.45) is 35.5 Å². The third-order valence-electron chi connectivity index (χ3n) is 6.29. The van der Waals surface area contributed by atoms with Gasteiger partial charge in [-0.2, -0.15) is 0 Å². The second-order valence-electron chi connectivity index (χ2n) is 7.20. The first-order valence-corrected chi connectivity index (χ1v) is 8.44. The number of amides is 2. The second-order valence-corrected chi connectivity index (χ2v) is 7.20. The highest BCUT2D eigenvalue weighted by Crippen LogP contribution is 2.65. The predicted molar refractivity (Wildman–Crippen MR) is 86.7 cm³/mol. The smallest absolute Gasteiger partial charge is 0.238 e. The largest absolute Gasteiger partial charge is 0.497 e. The fourth-order valence-electron chi connectivity index (χ4n) is 5.17. The van der Waals surface area contributed by atoms with Gasteiger partial charge in [0, 0.05) is 6.07 Å². The van der Waals surface area contributed by atoms with E-state index in [1.807, 2.05) is 0 Å². The van der Waals surface area contributed by atoms with Gasteiger partial charge in [-0.3, -0.25) is 9.59 Å². The molecule has 3 fully saturated rings. The molecular weight excluding hydrogens is 306 g/mol. The summed E-state index contributed by atoms with van der Waals surface area (Å²) in [7, 11) is 3.11. The van der Waals surface area contributed by atoms with Crippen molar-refractivity contribution in [3.05, 3.63) is 30.4 Å².